The molecule has 0 bridgehead atoms. The summed E-state index contributed by atoms with van der Waals surface area (Å²) in [6.07, 6.45) is 42.4. The van der Waals surface area contributed by atoms with Crippen LogP contribution in [0.5, 0.6) is 0 Å². The lowest BCUT2D eigenvalue weighted by molar-refractivity contribution is -0.125. The summed E-state index contributed by atoms with van der Waals surface area (Å²) in [5.74, 6) is -1.55. The summed E-state index contributed by atoms with van der Waals surface area (Å²) in [5.41, 5.74) is 6.03. The largest absolute Gasteiger partial charge is 0.368 e. The van der Waals surface area contributed by atoms with Gasteiger partial charge in [-0.15, -0.1) is 0 Å². The van der Waals surface area contributed by atoms with Crippen LogP contribution in [0.2, 0.25) is 0 Å². The highest BCUT2D eigenvalue weighted by Crippen LogP contribution is 2.17. The van der Waals surface area contributed by atoms with E-state index in [9.17, 15) is 19.2 Å². The molecule has 57 heavy (non-hydrogen) atoms. The van der Waals surface area contributed by atoms with Gasteiger partial charge < -0.3 is 21.3 Å². The lowest BCUT2D eigenvalue weighted by Gasteiger charge is -2.23. The van der Waals surface area contributed by atoms with Crippen molar-refractivity contribution in [3.8, 4) is 0 Å². The molecule has 4 amide bonds. The molecule has 0 saturated heterocycles. The fraction of sp³-hybridized carbons (Fsp3) is 0.796. The van der Waals surface area contributed by atoms with E-state index in [1.165, 1.54) is 180 Å². The van der Waals surface area contributed by atoms with Crippen LogP contribution in [-0.2, 0) is 9.59 Å². The second kappa shape index (κ2) is 37.4. The normalized spacial score (nSPS) is 11.7. The number of unbranched alkanes of at least 4 members (excludes halogenated alkanes) is 30. The molecule has 1 aromatic rings. The molecule has 1 aromatic carbocycles. The number of carbonyl (C=O) groups is 4. The Labute approximate surface area is 350 Å². The first kappa shape index (κ1) is 52.1. The minimum absolute atomic E-state index is 0.0167. The van der Waals surface area contributed by atoms with Gasteiger partial charge in [0.15, 0.2) is 0 Å². The van der Waals surface area contributed by atoms with Gasteiger partial charge in [-0.25, -0.2) is 0 Å². The van der Waals surface area contributed by atoms with Gasteiger partial charge in [0.1, 0.15) is 6.04 Å². The summed E-state index contributed by atoms with van der Waals surface area (Å²) in [6.45, 7) is 7.34. The van der Waals surface area contributed by atoms with Crippen molar-refractivity contribution in [2.75, 3.05) is 19.6 Å². The van der Waals surface area contributed by atoms with Gasteiger partial charge in [-0.1, -0.05) is 206 Å². The third-order valence-corrected chi connectivity index (χ3v) is 11.4. The van der Waals surface area contributed by atoms with E-state index in [2.05, 4.69) is 24.5 Å². The molecule has 1 atom stereocenters. The lowest BCUT2D eigenvalue weighted by atomic mass is 10.0. The molecule has 0 saturated carbocycles. The molecule has 0 aliphatic rings. The predicted octanol–water partition coefficient (Wildman–Crippen LogP) is 12.4. The molecule has 8 heteroatoms. The number of hydrogen-bond acceptors (Lipinski definition) is 4. The molecule has 1 rings (SSSR count). The third-order valence-electron chi connectivity index (χ3n) is 11.4. The maximum atomic E-state index is 13.7. The summed E-state index contributed by atoms with van der Waals surface area (Å²) < 4.78 is 0. The molecule has 328 valence electrons. The van der Waals surface area contributed by atoms with E-state index >= 15 is 0 Å². The molecule has 8 nitrogen and oxygen atoms in total. The van der Waals surface area contributed by atoms with Gasteiger partial charge in [0.05, 0.1) is 6.54 Å². The molecule has 0 aliphatic carbocycles. The zero-order valence-corrected chi connectivity index (χ0v) is 37.3. The Morgan fingerprint density at radius 2 is 0.789 bits per heavy atom. The maximum Gasteiger partial charge on any atom is 0.253 e. The Hall–Kier alpha value is -2.90. The molecule has 0 unspecified atom stereocenters. The van der Waals surface area contributed by atoms with Crippen molar-refractivity contribution in [2.24, 2.45) is 5.73 Å². The molecular weight excluding hydrogens is 709 g/mol. The summed E-state index contributed by atoms with van der Waals surface area (Å²) in [6, 6.07) is 5.86. The molecule has 0 radical (unpaired) electrons. The zero-order chi connectivity index (χ0) is 41.6. The minimum atomic E-state index is -0.840. The second-order valence-electron chi connectivity index (χ2n) is 16.9. The quantitative estimate of drug-likeness (QED) is 0.0572. The average molecular weight is 797 g/mol. The van der Waals surface area contributed by atoms with Crippen LogP contribution in [-0.4, -0.2) is 54.2 Å². The van der Waals surface area contributed by atoms with Crippen molar-refractivity contribution in [1.82, 2.24) is 15.5 Å². The topological polar surface area (TPSA) is 122 Å². The van der Waals surface area contributed by atoms with Crippen LogP contribution in [0.1, 0.15) is 247 Å². The predicted molar refractivity (Wildman–Crippen MR) is 241 cm³/mol. The Bertz CT molecular complexity index is 1100. The van der Waals surface area contributed by atoms with E-state index in [1.807, 2.05) is 4.90 Å². The first-order valence-electron chi connectivity index (χ1n) is 24.1. The number of benzene rings is 1. The molecule has 0 spiro atoms. The van der Waals surface area contributed by atoms with Crippen LogP contribution >= 0.6 is 0 Å². The first-order valence-corrected chi connectivity index (χ1v) is 24.1. The lowest BCUT2D eigenvalue weighted by Crippen LogP contribution is -2.46. The number of nitrogens with two attached hydrogens (primary N) is 1. The molecule has 0 aliphatic heterocycles. The highest BCUT2D eigenvalue weighted by molar-refractivity contribution is 5.99. The average Bonchev–Trinajstić information content (AvgIpc) is 3.21. The van der Waals surface area contributed by atoms with Crippen LogP contribution in [0.15, 0.2) is 24.3 Å². The number of amides is 4. The van der Waals surface area contributed by atoms with Gasteiger partial charge in [0.25, 0.3) is 11.8 Å². The van der Waals surface area contributed by atoms with Crippen LogP contribution < -0.4 is 16.4 Å². The fourth-order valence-corrected chi connectivity index (χ4v) is 7.64. The van der Waals surface area contributed by atoms with Crippen molar-refractivity contribution in [2.45, 2.75) is 232 Å². The number of nitrogens with one attached hydrogen (secondary N) is 2. The SMILES string of the molecule is CCCCCCCCCCCCCCCCCCN(CCCCCCCCCCCCCCCCCC)C(=O)c1ccc(C(=O)N[C@@H](C)C(=O)NCC(N)=O)cc1. The van der Waals surface area contributed by atoms with Gasteiger partial charge in [-0.2, -0.15) is 0 Å². The number of hydrogen-bond donors (Lipinski definition) is 3. The Balaban J connectivity index is 2.45. The van der Waals surface area contributed by atoms with Crippen molar-refractivity contribution in [1.29, 1.82) is 0 Å². The van der Waals surface area contributed by atoms with Crippen LogP contribution in [0.4, 0.5) is 0 Å². The third kappa shape index (κ3) is 29.9. The maximum absolute atomic E-state index is 13.7. The monoisotopic (exact) mass is 797 g/mol. The number of primary amides is 1. The van der Waals surface area contributed by atoms with Crippen molar-refractivity contribution >= 4 is 23.6 Å². The van der Waals surface area contributed by atoms with Gasteiger partial charge in [0, 0.05) is 24.2 Å². The number of rotatable bonds is 40. The smallest absolute Gasteiger partial charge is 0.253 e. The van der Waals surface area contributed by atoms with Gasteiger partial charge >= 0.3 is 0 Å². The van der Waals surface area contributed by atoms with Crippen LogP contribution in [0.25, 0.3) is 0 Å². The van der Waals surface area contributed by atoms with Gasteiger partial charge in [-0.3, -0.25) is 19.2 Å². The molecule has 0 heterocycles. The highest BCUT2D eigenvalue weighted by Gasteiger charge is 2.19. The number of carbonyl (C=O) groups excluding carboxylic acids is 4. The van der Waals surface area contributed by atoms with Crippen molar-refractivity contribution < 1.29 is 19.2 Å². The van der Waals surface area contributed by atoms with E-state index in [0.717, 1.165) is 38.8 Å². The molecular formula is C49H88N4O4. The fourth-order valence-electron chi connectivity index (χ4n) is 7.64. The highest BCUT2D eigenvalue weighted by atomic mass is 16.2. The number of nitrogens with zero attached hydrogens (tertiary/aromatic N) is 1. The van der Waals surface area contributed by atoms with Gasteiger partial charge in [0.2, 0.25) is 11.8 Å². The Morgan fingerprint density at radius 3 is 1.11 bits per heavy atom. The van der Waals surface area contributed by atoms with E-state index in [-0.39, 0.29) is 12.5 Å². The van der Waals surface area contributed by atoms with Gasteiger partial charge in [-0.05, 0) is 44.0 Å². The summed E-state index contributed by atoms with van der Waals surface area (Å²) in [7, 11) is 0. The van der Waals surface area contributed by atoms with E-state index in [1.54, 1.807) is 31.2 Å². The van der Waals surface area contributed by atoms with Crippen LogP contribution in [0, 0.1) is 0 Å². The first-order chi connectivity index (χ1) is 27.8. The van der Waals surface area contributed by atoms with Crippen LogP contribution in [0.3, 0.4) is 0 Å². The second-order valence-corrected chi connectivity index (χ2v) is 16.9. The van der Waals surface area contributed by atoms with E-state index < -0.39 is 23.8 Å². The van der Waals surface area contributed by atoms with E-state index in [4.69, 9.17) is 5.73 Å². The Morgan fingerprint density at radius 1 is 0.491 bits per heavy atom. The minimum Gasteiger partial charge on any atom is -0.368 e. The molecule has 0 aromatic heterocycles. The van der Waals surface area contributed by atoms with E-state index in [0.29, 0.717) is 11.1 Å². The molecule has 4 N–H and O–H groups in total. The summed E-state index contributed by atoms with van der Waals surface area (Å²) in [4.78, 5) is 51.7. The molecule has 0 fully saturated rings. The Kier molecular flexibility index (Phi) is 34.2. The standard InChI is InChI=1S/C49H88N4O4/c1-4-6-8-10-12-14-16-18-20-22-24-26-28-30-32-34-40-53(41-35-33-31-29-27-25-23-21-19-17-15-13-11-9-7-5-2)49(57)45-38-36-44(37-39-45)48(56)52-43(3)47(55)51-42-46(50)54/h36-39,43H,4-35,40-42H2,1-3H3,(H2,50,54)(H,51,55)(H,52,56)/t43-/m0/s1. The summed E-state index contributed by atoms with van der Waals surface area (Å²) >= 11 is 0. The van der Waals surface area contributed by atoms with Crippen molar-refractivity contribution in [3.05, 3.63) is 35.4 Å². The zero-order valence-electron chi connectivity index (χ0n) is 37.3. The summed E-state index contributed by atoms with van der Waals surface area (Å²) in [5, 5.41) is 5.03. The van der Waals surface area contributed by atoms with Crippen molar-refractivity contribution in [3.63, 3.8) is 0 Å².